The first kappa shape index (κ1) is 8.30. The number of pyridine rings is 1. The predicted molar refractivity (Wildman–Crippen MR) is 52.7 cm³/mol. The van der Waals surface area contributed by atoms with E-state index in [0.29, 0.717) is 0 Å². The van der Waals surface area contributed by atoms with Crippen molar-refractivity contribution in [1.82, 2.24) is 4.98 Å². The van der Waals surface area contributed by atoms with Crippen LogP contribution in [0.1, 0.15) is 24.8 Å². The van der Waals surface area contributed by atoms with E-state index in [1.165, 1.54) is 0 Å². The summed E-state index contributed by atoms with van der Waals surface area (Å²) in [6, 6.07) is 6.02. The molecule has 0 saturated carbocycles. The van der Waals surface area contributed by atoms with E-state index in [1.54, 1.807) is 0 Å². The number of aryl methyl sites for hydroxylation is 2. The summed E-state index contributed by atoms with van der Waals surface area (Å²) in [7, 11) is 0. The molecule has 0 aliphatic carbocycles. The normalized spacial score (nSPS) is 10.9. The second kappa shape index (κ2) is 3.21. The van der Waals surface area contributed by atoms with E-state index in [9.17, 15) is 0 Å². The van der Waals surface area contributed by atoms with Crippen molar-refractivity contribution in [3.05, 3.63) is 29.7 Å². The molecule has 0 unspecified atom stereocenters. The van der Waals surface area contributed by atoms with Gasteiger partial charge in [-0.3, -0.25) is 0 Å². The summed E-state index contributed by atoms with van der Waals surface area (Å²) in [5, 5.41) is 0. The highest BCUT2D eigenvalue weighted by molar-refractivity contribution is 5.73. The van der Waals surface area contributed by atoms with Crippen LogP contribution < -0.4 is 0 Å². The Morgan fingerprint density at radius 2 is 2.23 bits per heavy atom. The maximum Gasteiger partial charge on any atom is 0.152 e. The van der Waals surface area contributed by atoms with Crippen molar-refractivity contribution in [2.75, 3.05) is 0 Å². The van der Waals surface area contributed by atoms with Gasteiger partial charge in [0.05, 0.1) is 0 Å². The van der Waals surface area contributed by atoms with Crippen LogP contribution >= 0.6 is 0 Å². The third kappa shape index (κ3) is 1.57. The minimum Gasteiger partial charge on any atom is -0.460 e. The maximum absolute atomic E-state index is 5.44. The van der Waals surface area contributed by atoms with Gasteiger partial charge in [0.2, 0.25) is 0 Å². The number of fused-ring (bicyclic) bond motifs is 1. The molecule has 2 heterocycles. The Morgan fingerprint density at radius 3 is 3.00 bits per heavy atom. The lowest BCUT2D eigenvalue weighted by Gasteiger charge is -1.95. The third-order valence-electron chi connectivity index (χ3n) is 2.06. The molecule has 0 atom stereocenters. The van der Waals surface area contributed by atoms with Crippen molar-refractivity contribution in [3.8, 4) is 0 Å². The summed E-state index contributed by atoms with van der Waals surface area (Å²) in [4.78, 5) is 4.49. The number of rotatable bonds is 2. The molecular formula is C11H13NO. The van der Waals surface area contributed by atoms with Gasteiger partial charge in [-0.25, -0.2) is 4.98 Å². The summed E-state index contributed by atoms with van der Waals surface area (Å²) in [5.74, 6) is 0.927. The third-order valence-corrected chi connectivity index (χ3v) is 2.06. The van der Waals surface area contributed by atoms with Gasteiger partial charge in [-0.05, 0) is 25.5 Å². The van der Waals surface area contributed by atoms with Crippen LogP contribution in [-0.2, 0) is 6.42 Å². The van der Waals surface area contributed by atoms with Crippen LogP contribution in [0.3, 0.4) is 0 Å². The van der Waals surface area contributed by atoms with E-state index in [1.807, 2.05) is 25.1 Å². The molecule has 2 nitrogen and oxygen atoms in total. The number of furan rings is 1. The first-order valence-corrected chi connectivity index (χ1v) is 4.65. The molecule has 0 amide bonds. The van der Waals surface area contributed by atoms with Gasteiger partial charge in [-0.1, -0.05) is 13.3 Å². The van der Waals surface area contributed by atoms with Crippen molar-refractivity contribution in [3.63, 3.8) is 0 Å². The first-order chi connectivity index (χ1) is 6.29. The van der Waals surface area contributed by atoms with Gasteiger partial charge in [-0.2, -0.15) is 0 Å². The molecular weight excluding hydrogens is 162 g/mol. The van der Waals surface area contributed by atoms with Gasteiger partial charge < -0.3 is 4.42 Å². The first-order valence-electron chi connectivity index (χ1n) is 4.65. The van der Waals surface area contributed by atoms with Crippen molar-refractivity contribution < 1.29 is 4.42 Å². The predicted octanol–water partition coefficient (Wildman–Crippen LogP) is 3.09. The zero-order chi connectivity index (χ0) is 9.26. The summed E-state index contributed by atoms with van der Waals surface area (Å²) in [6.07, 6.45) is 2.18. The average molecular weight is 175 g/mol. The minimum absolute atomic E-state index is 0.886. The molecule has 2 aromatic heterocycles. The van der Waals surface area contributed by atoms with E-state index < -0.39 is 0 Å². The number of aromatic nitrogens is 1. The van der Waals surface area contributed by atoms with E-state index >= 15 is 0 Å². The quantitative estimate of drug-likeness (QED) is 0.701. The number of hydrogen-bond donors (Lipinski definition) is 0. The van der Waals surface area contributed by atoms with Gasteiger partial charge in [0.25, 0.3) is 0 Å². The maximum atomic E-state index is 5.44. The van der Waals surface area contributed by atoms with Crippen LogP contribution in [0.25, 0.3) is 11.1 Å². The van der Waals surface area contributed by atoms with Crippen LogP contribution in [0.15, 0.2) is 22.6 Å². The van der Waals surface area contributed by atoms with E-state index in [-0.39, 0.29) is 0 Å². The van der Waals surface area contributed by atoms with E-state index in [4.69, 9.17) is 4.42 Å². The molecule has 0 aromatic carbocycles. The Kier molecular flexibility index (Phi) is 2.05. The largest absolute Gasteiger partial charge is 0.460 e. The smallest absolute Gasteiger partial charge is 0.152 e. The Bertz CT molecular complexity index is 417. The Hall–Kier alpha value is -1.31. The topological polar surface area (TPSA) is 26.0 Å². The summed E-state index contributed by atoms with van der Waals surface area (Å²) in [5.41, 5.74) is 3.01. The van der Waals surface area contributed by atoms with Gasteiger partial charge in [0, 0.05) is 11.8 Å². The van der Waals surface area contributed by atoms with Crippen LogP contribution in [0.4, 0.5) is 0 Å². The Morgan fingerprint density at radius 1 is 1.38 bits per heavy atom. The van der Waals surface area contributed by atoms with Gasteiger partial charge >= 0.3 is 0 Å². The van der Waals surface area contributed by atoms with Crippen molar-refractivity contribution in [2.45, 2.75) is 26.7 Å². The van der Waals surface area contributed by atoms with E-state index in [0.717, 1.165) is 35.4 Å². The molecule has 0 N–H and O–H groups in total. The van der Waals surface area contributed by atoms with Gasteiger partial charge in [0.1, 0.15) is 11.3 Å². The Labute approximate surface area is 77.6 Å². The molecule has 0 aliphatic heterocycles. The van der Waals surface area contributed by atoms with Gasteiger partial charge in [-0.15, -0.1) is 0 Å². The highest BCUT2D eigenvalue weighted by atomic mass is 16.3. The van der Waals surface area contributed by atoms with Crippen LogP contribution in [0, 0.1) is 6.92 Å². The van der Waals surface area contributed by atoms with Gasteiger partial charge in [0.15, 0.2) is 5.58 Å². The summed E-state index contributed by atoms with van der Waals surface area (Å²) in [6.45, 7) is 4.10. The van der Waals surface area contributed by atoms with Crippen LogP contribution in [0.2, 0.25) is 0 Å². The molecule has 2 aromatic rings. The highest BCUT2D eigenvalue weighted by Gasteiger charge is 2.01. The lowest BCUT2D eigenvalue weighted by Crippen LogP contribution is -1.87. The zero-order valence-electron chi connectivity index (χ0n) is 8.00. The molecule has 0 radical (unpaired) electrons. The average Bonchev–Trinajstić information content (AvgIpc) is 2.44. The number of hydrogen-bond acceptors (Lipinski definition) is 2. The standard InChI is InChI=1S/C11H13NO/c1-3-4-9-5-6-11-10(12-9)7-8(2)13-11/h5-7H,3-4H2,1-2H3. The highest BCUT2D eigenvalue weighted by Crippen LogP contribution is 2.17. The fraction of sp³-hybridized carbons (Fsp3) is 0.364. The second-order valence-electron chi connectivity index (χ2n) is 3.29. The molecule has 0 saturated heterocycles. The minimum atomic E-state index is 0.886. The molecule has 0 aliphatic rings. The fourth-order valence-corrected chi connectivity index (χ4v) is 1.48. The lowest BCUT2D eigenvalue weighted by atomic mass is 10.2. The van der Waals surface area contributed by atoms with E-state index in [2.05, 4.69) is 11.9 Å². The zero-order valence-corrected chi connectivity index (χ0v) is 8.00. The molecule has 13 heavy (non-hydrogen) atoms. The SMILES string of the molecule is CCCc1ccc2oc(C)cc2n1. The van der Waals surface area contributed by atoms with Crippen molar-refractivity contribution in [1.29, 1.82) is 0 Å². The lowest BCUT2D eigenvalue weighted by molar-refractivity contribution is 0.578. The summed E-state index contributed by atoms with van der Waals surface area (Å²) >= 11 is 0. The molecule has 2 rings (SSSR count). The number of nitrogens with zero attached hydrogens (tertiary/aromatic N) is 1. The van der Waals surface area contributed by atoms with Crippen molar-refractivity contribution >= 4 is 11.1 Å². The fourth-order valence-electron chi connectivity index (χ4n) is 1.48. The monoisotopic (exact) mass is 175 g/mol. The molecule has 68 valence electrons. The Balaban J connectivity index is 2.48. The van der Waals surface area contributed by atoms with Crippen molar-refractivity contribution in [2.24, 2.45) is 0 Å². The summed E-state index contributed by atoms with van der Waals surface area (Å²) < 4.78 is 5.44. The molecule has 0 spiro atoms. The van der Waals surface area contributed by atoms with Crippen LogP contribution in [0.5, 0.6) is 0 Å². The molecule has 2 heteroatoms. The molecule has 0 fully saturated rings. The second-order valence-corrected chi connectivity index (χ2v) is 3.29. The molecule has 0 bridgehead atoms. The van der Waals surface area contributed by atoms with Crippen LogP contribution in [-0.4, -0.2) is 4.98 Å².